The third kappa shape index (κ3) is 5.20. The number of Topliss-reactive ketones (excluding diaryl/α,β-unsaturated/α-hetero) is 1. The van der Waals surface area contributed by atoms with Crippen LogP contribution in [-0.2, 0) is 15.3 Å². The van der Waals surface area contributed by atoms with E-state index >= 15 is 0 Å². The molecule has 1 aliphatic carbocycles. The fraction of sp³-hybridized carbons (Fsp3) is 0.276. The molecule has 1 aliphatic heterocycles. The molecule has 0 saturated carbocycles. The number of carbonyl (C=O) groups excluding carboxylic acids is 2. The minimum atomic E-state index is -0.642. The van der Waals surface area contributed by atoms with Crippen LogP contribution in [-0.4, -0.2) is 29.1 Å². The number of hydrogen-bond donors (Lipinski definition) is 1. The van der Waals surface area contributed by atoms with E-state index in [1.54, 1.807) is 40.9 Å². The predicted octanol–water partition coefficient (Wildman–Crippen LogP) is 5.56. The van der Waals surface area contributed by atoms with Gasteiger partial charge in [-0.15, -0.1) is 10.2 Å². The number of esters is 1. The van der Waals surface area contributed by atoms with Gasteiger partial charge in [0, 0.05) is 23.4 Å². The first-order valence-corrected chi connectivity index (χ1v) is 14.2. The van der Waals surface area contributed by atoms with Crippen LogP contribution in [0.1, 0.15) is 54.1 Å². The van der Waals surface area contributed by atoms with Crippen LogP contribution in [0.15, 0.2) is 81.6 Å². The van der Waals surface area contributed by atoms with Gasteiger partial charge < -0.3 is 10.5 Å². The van der Waals surface area contributed by atoms with E-state index in [0.29, 0.717) is 34.7 Å². The average Bonchev–Trinajstić information content (AvgIpc) is 3.39. The number of aromatic nitrogens is 2. The minimum absolute atomic E-state index is 0.0308. The summed E-state index contributed by atoms with van der Waals surface area (Å²) in [5, 5.41) is 19.6. The first kappa shape index (κ1) is 26.7. The van der Waals surface area contributed by atoms with Gasteiger partial charge in [-0.25, -0.2) is 4.79 Å². The number of hydrogen-bond acceptors (Lipinski definition) is 10. The van der Waals surface area contributed by atoms with E-state index in [0.717, 1.165) is 15.8 Å². The van der Waals surface area contributed by atoms with Gasteiger partial charge in [0.25, 0.3) is 0 Å². The van der Waals surface area contributed by atoms with Gasteiger partial charge in [0.05, 0.1) is 30.2 Å². The van der Waals surface area contributed by atoms with Gasteiger partial charge in [-0.2, -0.15) is 5.26 Å². The van der Waals surface area contributed by atoms with Crippen molar-refractivity contribution in [3.8, 4) is 6.07 Å². The summed E-state index contributed by atoms with van der Waals surface area (Å²) in [6, 6.07) is 19.1. The molecule has 2 N–H and O–H groups in total. The van der Waals surface area contributed by atoms with E-state index < -0.39 is 11.9 Å². The normalized spacial score (nSPS) is 18.6. The number of ether oxygens (including phenoxy) is 1. The summed E-state index contributed by atoms with van der Waals surface area (Å²) in [6.45, 7) is 4.10. The lowest BCUT2D eigenvalue weighted by molar-refractivity contribution is -0.118. The zero-order chi connectivity index (χ0) is 27.7. The molecule has 0 saturated heterocycles. The number of benzene rings is 2. The average molecular weight is 558 g/mol. The zero-order valence-electron chi connectivity index (χ0n) is 21.8. The van der Waals surface area contributed by atoms with Gasteiger partial charge in [-0.05, 0) is 35.1 Å². The maximum absolute atomic E-state index is 13.7. The third-order valence-electron chi connectivity index (χ3n) is 6.84. The summed E-state index contributed by atoms with van der Waals surface area (Å²) in [4.78, 5) is 27.4. The second kappa shape index (κ2) is 10.7. The van der Waals surface area contributed by atoms with E-state index in [2.05, 4.69) is 28.4 Å². The van der Waals surface area contributed by atoms with Crippen LogP contribution >= 0.6 is 23.1 Å². The van der Waals surface area contributed by atoms with Crippen LogP contribution in [0.4, 0.5) is 5.13 Å². The molecule has 1 atom stereocenters. The summed E-state index contributed by atoms with van der Waals surface area (Å²) >= 11 is 2.96. The van der Waals surface area contributed by atoms with E-state index in [4.69, 9.17) is 10.5 Å². The molecule has 0 spiro atoms. The fourth-order valence-electron chi connectivity index (χ4n) is 5.06. The Bertz CT molecular complexity index is 1530. The highest BCUT2D eigenvalue weighted by atomic mass is 32.2. The Kier molecular flexibility index (Phi) is 7.30. The largest absolute Gasteiger partial charge is 0.465 e. The molecule has 0 amide bonds. The summed E-state index contributed by atoms with van der Waals surface area (Å²) in [5.74, 6) is -0.153. The van der Waals surface area contributed by atoms with Crippen LogP contribution in [0, 0.1) is 16.7 Å². The topological polar surface area (TPSA) is 122 Å². The van der Waals surface area contributed by atoms with Gasteiger partial charge in [0.2, 0.25) is 5.13 Å². The highest BCUT2D eigenvalue weighted by molar-refractivity contribution is 8.00. The van der Waals surface area contributed by atoms with Crippen molar-refractivity contribution in [3.63, 3.8) is 0 Å². The van der Waals surface area contributed by atoms with Crippen molar-refractivity contribution in [2.45, 2.75) is 42.7 Å². The number of allylic oxidation sites excluding steroid dienone is 3. The molecule has 1 unspecified atom stereocenters. The van der Waals surface area contributed by atoms with Gasteiger partial charge in [-0.1, -0.05) is 79.4 Å². The minimum Gasteiger partial charge on any atom is -0.465 e. The van der Waals surface area contributed by atoms with Crippen molar-refractivity contribution in [1.29, 1.82) is 5.26 Å². The molecule has 2 heterocycles. The highest BCUT2D eigenvalue weighted by Crippen LogP contribution is 2.50. The van der Waals surface area contributed by atoms with Crippen molar-refractivity contribution < 1.29 is 14.3 Å². The molecule has 0 radical (unpaired) electrons. The van der Waals surface area contributed by atoms with Crippen LogP contribution < -0.4 is 10.6 Å². The number of nitrogens with two attached hydrogens (primary N) is 1. The van der Waals surface area contributed by atoms with Crippen molar-refractivity contribution in [2.24, 2.45) is 11.1 Å². The predicted molar refractivity (Wildman–Crippen MR) is 151 cm³/mol. The standard InChI is InChI=1S/C29H27N5O3S2/c1-29(2)13-21-24(22(35)14-29)23(18-9-11-19(12-10-18)26(36)37-3)20(15-30)25(31)34(21)27-32-33-28(39-27)38-16-17-7-5-4-6-8-17/h4-12,23H,13-14,16,31H2,1-3H3. The van der Waals surface area contributed by atoms with Gasteiger partial charge in [-0.3, -0.25) is 9.69 Å². The molecule has 2 aromatic carbocycles. The van der Waals surface area contributed by atoms with E-state index in [-0.39, 0.29) is 22.6 Å². The van der Waals surface area contributed by atoms with Crippen molar-refractivity contribution in [1.82, 2.24) is 10.2 Å². The van der Waals surface area contributed by atoms with Crippen molar-refractivity contribution in [3.05, 3.63) is 94.0 Å². The number of methoxy groups -OCH3 is 1. The summed E-state index contributed by atoms with van der Waals surface area (Å²) in [6.07, 6.45) is 0.930. The number of anilines is 1. The third-order valence-corrected chi connectivity index (χ3v) is 8.95. The molecule has 5 rings (SSSR count). The summed E-state index contributed by atoms with van der Waals surface area (Å²) in [7, 11) is 1.32. The Balaban J connectivity index is 1.57. The van der Waals surface area contributed by atoms with E-state index in [1.807, 2.05) is 32.0 Å². The molecule has 3 aromatic rings. The number of ketones is 1. The summed E-state index contributed by atoms with van der Waals surface area (Å²) in [5.41, 5.74) is 10.2. The summed E-state index contributed by atoms with van der Waals surface area (Å²) < 4.78 is 5.58. The number of rotatable bonds is 6. The lowest BCUT2D eigenvalue weighted by atomic mass is 9.68. The maximum Gasteiger partial charge on any atom is 0.337 e. The molecule has 39 heavy (non-hydrogen) atoms. The Morgan fingerprint density at radius 3 is 2.56 bits per heavy atom. The molecule has 8 nitrogen and oxygen atoms in total. The highest BCUT2D eigenvalue weighted by Gasteiger charge is 2.45. The van der Waals surface area contributed by atoms with Gasteiger partial charge in [0.1, 0.15) is 5.82 Å². The SMILES string of the molecule is COC(=O)c1ccc(C2C(C#N)=C(N)N(c3nnc(SCc4ccccc4)s3)C3=C2C(=O)CC(C)(C)C3)cc1. The molecule has 0 bridgehead atoms. The number of nitrogens with zero attached hydrogens (tertiary/aromatic N) is 4. The molecule has 1 aromatic heterocycles. The monoisotopic (exact) mass is 557 g/mol. The first-order chi connectivity index (χ1) is 18.7. The van der Waals surface area contributed by atoms with Gasteiger partial charge >= 0.3 is 5.97 Å². The smallest absolute Gasteiger partial charge is 0.337 e. The van der Waals surface area contributed by atoms with Gasteiger partial charge in [0.15, 0.2) is 10.1 Å². The van der Waals surface area contributed by atoms with E-state index in [9.17, 15) is 14.9 Å². The Morgan fingerprint density at radius 2 is 1.90 bits per heavy atom. The Morgan fingerprint density at radius 1 is 1.18 bits per heavy atom. The second-order valence-electron chi connectivity index (χ2n) is 10.2. The Labute approximate surface area is 235 Å². The fourth-order valence-corrected chi connectivity index (χ4v) is 6.90. The molecular weight excluding hydrogens is 530 g/mol. The number of nitriles is 1. The van der Waals surface area contributed by atoms with Crippen molar-refractivity contribution in [2.75, 3.05) is 12.0 Å². The zero-order valence-corrected chi connectivity index (χ0v) is 23.4. The molecule has 0 fully saturated rings. The lowest BCUT2D eigenvalue weighted by Gasteiger charge is -2.42. The Hall–Kier alpha value is -3.94. The van der Waals surface area contributed by atoms with Crippen LogP contribution in [0.25, 0.3) is 0 Å². The van der Waals surface area contributed by atoms with Crippen LogP contribution in [0.2, 0.25) is 0 Å². The maximum atomic E-state index is 13.7. The van der Waals surface area contributed by atoms with E-state index in [1.165, 1.54) is 24.0 Å². The van der Waals surface area contributed by atoms with Crippen LogP contribution in [0.3, 0.4) is 0 Å². The van der Waals surface area contributed by atoms with Crippen LogP contribution in [0.5, 0.6) is 0 Å². The molecular formula is C29H27N5O3S2. The number of carbonyl (C=O) groups is 2. The molecule has 198 valence electrons. The number of thioether (sulfide) groups is 1. The first-order valence-electron chi connectivity index (χ1n) is 12.4. The molecule has 10 heteroatoms. The second-order valence-corrected chi connectivity index (χ2v) is 12.4. The molecule has 2 aliphatic rings. The quantitative estimate of drug-likeness (QED) is 0.307. The lowest BCUT2D eigenvalue weighted by Crippen LogP contribution is -2.42. The van der Waals surface area contributed by atoms with Crippen molar-refractivity contribution >= 4 is 40.0 Å².